The highest BCUT2D eigenvalue weighted by Crippen LogP contribution is 2.18. The number of hydrogen-bond donors (Lipinski definition) is 2. The molecule has 21 heavy (non-hydrogen) atoms. The van der Waals surface area contributed by atoms with E-state index in [-0.39, 0.29) is 5.91 Å². The van der Waals surface area contributed by atoms with Crippen LogP contribution in [-0.2, 0) is 0 Å². The standard InChI is InChI=1S/C16H16N2OS2/c1-11-5-3-6-12(9-11)15(19)18-16(20)17-13-7-4-8-14(10-13)21-2/h3-10H,1-2H3,(H2,17,18,19,20). The maximum Gasteiger partial charge on any atom is 0.257 e. The van der Waals surface area contributed by atoms with Crippen LogP contribution in [0.4, 0.5) is 5.69 Å². The van der Waals surface area contributed by atoms with Crippen LogP contribution in [0.25, 0.3) is 0 Å². The Kier molecular flexibility index (Phi) is 5.36. The average molecular weight is 316 g/mol. The number of rotatable bonds is 3. The number of thioether (sulfide) groups is 1. The molecule has 0 aromatic heterocycles. The molecule has 0 aliphatic carbocycles. The van der Waals surface area contributed by atoms with E-state index in [0.717, 1.165) is 16.1 Å². The summed E-state index contributed by atoms with van der Waals surface area (Å²) in [5.41, 5.74) is 2.49. The van der Waals surface area contributed by atoms with Gasteiger partial charge in [-0.15, -0.1) is 11.8 Å². The van der Waals surface area contributed by atoms with Gasteiger partial charge in [0.05, 0.1) is 0 Å². The summed E-state index contributed by atoms with van der Waals surface area (Å²) in [5, 5.41) is 5.99. The van der Waals surface area contributed by atoms with Crippen molar-refractivity contribution < 1.29 is 4.79 Å². The maximum absolute atomic E-state index is 12.1. The summed E-state index contributed by atoms with van der Waals surface area (Å²) in [6, 6.07) is 15.2. The van der Waals surface area contributed by atoms with E-state index < -0.39 is 0 Å². The van der Waals surface area contributed by atoms with Crippen molar-refractivity contribution in [2.24, 2.45) is 0 Å². The van der Waals surface area contributed by atoms with Crippen molar-refractivity contribution >= 4 is 40.7 Å². The highest BCUT2D eigenvalue weighted by atomic mass is 32.2. The highest BCUT2D eigenvalue weighted by Gasteiger charge is 2.08. The van der Waals surface area contributed by atoms with Crippen LogP contribution >= 0.6 is 24.0 Å². The van der Waals surface area contributed by atoms with Gasteiger partial charge >= 0.3 is 0 Å². The first-order chi connectivity index (χ1) is 10.1. The second-order valence-corrected chi connectivity index (χ2v) is 5.80. The Morgan fingerprint density at radius 1 is 1.14 bits per heavy atom. The van der Waals surface area contributed by atoms with Gasteiger partial charge in [0, 0.05) is 16.1 Å². The van der Waals surface area contributed by atoms with Crippen molar-refractivity contribution in [1.82, 2.24) is 5.32 Å². The van der Waals surface area contributed by atoms with E-state index >= 15 is 0 Å². The molecule has 2 N–H and O–H groups in total. The van der Waals surface area contributed by atoms with Gasteiger partial charge < -0.3 is 5.32 Å². The Morgan fingerprint density at radius 3 is 2.62 bits per heavy atom. The first kappa shape index (κ1) is 15.5. The van der Waals surface area contributed by atoms with Gasteiger partial charge in [0.2, 0.25) is 0 Å². The Bertz CT molecular complexity index is 671. The Morgan fingerprint density at radius 2 is 1.90 bits per heavy atom. The molecule has 0 aliphatic rings. The van der Waals surface area contributed by atoms with E-state index in [4.69, 9.17) is 12.2 Å². The van der Waals surface area contributed by atoms with Gasteiger partial charge in [-0.3, -0.25) is 10.1 Å². The minimum Gasteiger partial charge on any atom is -0.332 e. The molecular formula is C16H16N2OS2. The molecule has 0 fully saturated rings. The summed E-state index contributed by atoms with van der Waals surface area (Å²) in [6.07, 6.45) is 2.01. The molecule has 108 valence electrons. The van der Waals surface area contributed by atoms with Crippen LogP contribution in [0.5, 0.6) is 0 Å². The second kappa shape index (κ2) is 7.24. The summed E-state index contributed by atoms with van der Waals surface area (Å²) >= 11 is 6.83. The van der Waals surface area contributed by atoms with Gasteiger partial charge in [-0.05, 0) is 55.7 Å². The topological polar surface area (TPSA) is 41.1 Å². The summed E-state index contributed by atoms with van der Waals surface area (Å²) in [4.78, 5) is 13.2. The highest BCUT2D eigenvalue weighted by molar-refractivity contribution is 7.98. The molecule has 0 bridgehead atoms. The smallest absolute Gasteiger partial charge is 0.257 e. The number of hydrogen-bond acceptors (Lipinski definition) is 3. The number of aryl methyl sites for hydroxylation is 1. The van der Waals surface area contributed by atoms with Crippen LogP contribution < -0.4 is 10.6 Å². The largest absolute Gasteiger partial charge is 0.332 e. The van der Waals surface area contributed by atoms with Gasteiger partial charge in [0.1, 0.15) is 0 Å². The number of carbonyl (C=O) groups excluding carboxylic acids is 1. The molecule has 2 aromatic rings. The number of nitrogens with one attached hydrogen (secondary N) is 2. The van der Waals surface area contributed by atoms with Crippen LogP contribution in [-0.4, -0.2) is 17.3 Å². The third-order valence-electron chi connectivity index (χ3n) is 2.83. The lowest BCUT2D eigenvalue weighted by Crippen LogP contribution is -2.34. The number of amides is 1. The number of carbonyl (C=O) groups is 1. The SMILES string of the molecule is CSc1cccc(NC(=S)NC(=O)c2cccc(C)c2)c1. The lowest BCUT2D eigenvalue weighted by atomic mass is 10.1. The Hall–Kier alpha value is -1.85. The van der Waals surface area contributed by atoms with Crippen molar-refractivity contribution in [3.63, 3.8) is 0 Å². The molecule has 0 unspecified atom stereocenters. The van der Waals surface area contributed by atoms with Crippen LogP contribution in [0, 0.1) is 6.92 Å². The molecule has 2 aromatic carbocycles. The molecule has 0 aliphatic heterocycles. The summed E-state index contributed by atoms with van der Waals surface area (Å²) in [5.74, 6) is -0.211. The molecule has 0 heterocycles. The average Bonchev–Trinajstić information content (AvgIpc) is 2.47. The predicted molar refractivity (Wildman–Crippen MR) is 93.1 cm³/mol. The predicted octanol–water partition coefficient (Wildman–Crippen LogP) is 3.84. The first-order valence-electron chi connectivity index (χ1n) is 6.41. The fraction of sp³-hybridized carbons (Fsp3) is 0.125. The molecule has 0 saturated carbocycles. The van der Waals surface area contributed by atoms with Crippen molar-refractivity contribution in [1.29, 1.82) is 0 Å². The van der Waals surface area contributed by atoms with Gasteiger partial charge in [-0.25, -0.2) is 0 Å². The molecule has 0 spiro atoms. The number of benzene rings is 2. The molecular weight excluding hydrogens is 300 g/mol. The normalized spacial score (nSPS) is 10.0. The molecule has 0 saturated heterocycles. The zero-order valence-electron chi connectivity index (χ0n) is 11.8. The quantitative estimate of drug-likeness (QED) is 0.667. The van der Waals surface area contributed by atoms with Crippen LogP contribution in [0.1, 0.15) is 15.9 Å². The maximum atomic E-state index is 12.1. The summed E-state index contributed by atoms with van der Waals surface area (Å²) in [7, 11) is 0. The fourth-order valence-electron chi connectivity index (χ4n) is 1.82. The van der Waals surface area contributed by atoms with E-state index in [1.165, 1.54) is 0 Å². The van der Waals surface area contributed by atoms with E-state index in [9.17, 15) is 4.79 Å². The first-order valence-corrected chi connectivity index (χ1v) is 8.05. The van der Waals surface area contributed by atoms with E-state index in [1.807, 2.05) is 55.6 Å². The molecule has 5 heteroatoms. The van der Waals surface area contributed by atoms with Crippen LogP contribution in [0.15, 0.2) is 53.4 Å². The van der Waals surface area contributed by atoms with E-state index in [2.05, 4.69) is 10.6 Å². The van der Waals surface area contributed by atoms with Crippen LogP contribution in [0.2, 0.25) is 0 Å². The fourth-order valence-corrected chi connectivity index (χ4v) is 2.49. The molecule has 0 atom stereocenters. The lowest BCUT2D eigenvalue weighted by Gasteiger charge is -2.10. The molecule has 0 radical (unpaired) electrons. The number of anilines is 1. The Balaban J connectivity index is 1.99. The zero-order valence-corrected chi connectivity index (χ0v) is 13.5. The van der Waals surface area contributed by atoms with Gasteiger partial charge in [0.25, 0.3) is 5.91 Å². The van der Waals surface area contributed by atoms with Gasteiger partial charge in [-0.1, -0.05) is 23.8 Å². The van der Waals surface area contributed by atoms with Crippen LogP contribution in [0.3, 0.4) is 0 Å². The van der Waals surface area contributed by atoms with Crippen molar-refractivity contribution in [3.8, 4) is 0 Å². The zero-order chi connectivity index (χ0) is 15.2. The minimum absolute atomic E-state index is 0.211. The van der Waals surface area contributed by atoms with Gasteiger partial charge in [-0.2, -0.15) is 0 Å². The lowest BCUT2D eigenvalue weighted by molar-refractivity contribution is 0.0977. The van der Waals surface area contributed by atoms with Crippen molar-refractivity contribution in [2.75, 3.05) is 11.6 Å². The van der Waals surface area contributed by atoms with E-state index in [1.54, 1.807) is 17.8 Å². The minimum atomic E-state index is -0.211. The number of thiocarbonyl (C=S) groups is 1. The molecule has 3 nitrogen and oxygen atoms in total. The Labute approximate surface area is 134 Å². The third-order valence-corrected chi connectivity index (χ3v) is 3.76. The molecule has 2 rings (SSSR count). The third kappa shape index (κ3) is 4.58. The molecule has 1 amide bonds. The second-order valence-electron chi connectivity index (χ2n) is 4.51. The summed E-state index contributed by atoms with van der Waals surface area (Å²) in [6.45, 7) is 1.95. The van der Waals surface area contributed by atoms with Gasteiger partial charge in [0.15, 0.2) is 5.11 Å². The monoisotopic (exact) mass is 316 g/mol. The van der Waals surface area contributed by atoms with Crippen molar-refractivity contribution in [2.45, 2.75) is 11.8 Å². The summed E-state index contributed by atoms with van der Waals surface area (Å²) < 4.78 is 0. The van der Waals surface area contributed by atoms with E-state index in [0.29, 0.717) is 10.7 Å². The van der Waals surface area contributed by atoms with Crippen molar-refractivity contribution in [3.05, 3.63) is 59.7 Å².